The van der Waals surface area contributed by atoms with E-state index in [-0.39, 0.29) is 0 Å². The Kier molecular flexibility index (Phi) is 1.83. The Morgan fingerprint density at radius 3 is 2.89 bits per heavy atom. The molecule has 1 heteroatoms. The second-order valence-corrected chi connectivity index (χ2v) is 1.96. The van der Waals surface area contributed by atoms with Gasteiger partial charge in [-0.2, -0.15) is 0 Å². The Balaban J connectivity index is 3.01. The molecule has 0 aliphatic rings. The fourth-order valence-corrected chi connectivity index (χ4v) is 0.790. The van der Waals surface area contributed by atoms with Gasteiger partial charge in [0, 0.05) is 11.9 Å². The van der Waals surface area contributed by atoms with E-state index >= 15 is 0 Å². The Morgan fingerprint density at radius 1 is 1.67 bits per heavy atom. The summed E-state index contributed by atoms with van der Waals surface area (Å²) >= 11 is 0. The van der Waals surface area contributed by atoms with Crippen molar-refractivity contribution in [1.82, 2.24) is 4.98 Å². The fourth-order valence-electron chi connectivity index (χ4n) is 0.790. The first-order chi connectivity index (χ1) is 4.34. The summed E-state index contributed by atoms with van der Waals surface area (Å²) in [6, 6.07) is 3.88. The van der Waals surface area contributed by atoms with Crippen molar-refractivity contribution in [2.75, 3.05) is 0 Å². The molecule has 0 saturated carbocycles. The number of hydrogen-bond donors (Lipinski definition) is 0. The molecule has 0 aliphatic carbocycles. The molecule has 47 valence electrons. The number of pyridine rings is 1. The van der Waals surface area contributed by atoms with Gasteiger partial charge in [-0.3, -0.25) is 4.98 Å². The summed E-state index contributed by atoms with van der Waals surface area (Å²) in [5.41, 5.74) is 2.14. The number of rotatable bonds is 1. The van der Waals surface area contributed by atoms with E-state index in [4.69, 9.17) is 0 Å². The number of hydrogen-bond acceptors (Lipinski definition) is 1. The third kappa shape index (κ3) is 1.28. The van der Waals surface area contributed by atoms with Crippen molar-refractivity contribution in [3.63, 3.8) is 0 Å². The molecule has 1 nitrogen and oxygen atoms in total. The lowest BCUT2D eigenvalue weighted by Gasteiger charge is -1.97. The van der Waals surface area contributed by atoms with Crippen LogP contribution >= 0.6 is 0 Å². The van der Waals surface area contributed by atoms with Crippen molar-refractivity contribution in [2.24, 2.45) is 0 Å². The average Bonchev–Trinajstić information content (AvgIpc) is 1.89. The van der Waals surface area contributed by atoms with Gasteiger partial charge in [-0.25, -0.2) is 0 Å². The summed E-state index contributed by atoms with van der Waals surface area (Å²) in [5.74, 6) is 0. The quantitative estimate of drug-likeness (QED) is 0.551. The SMILES string of the molecule is [CH2]c1cccnc1CC. The van der Waals surface area contributed by atoms with Crippen LogP contribution in [0.5, 0.6) is 0 Å². The molecule has 1 rings (SSSR count). The van der Waals surface area contributed by atoms with Crippen molar-refractivity contribution in [2.45, 2.75) is 13.3 Å². The Morgan fingerprint density at radius 2 is 2.44 bits per heavy atom. The third-order valence-electron chi connectivity index (χ3n) is 1.32. The van der Waals surface area contributed by atoms with Gasteiger partial charge in [0.2, 0.25) is 0 Å². The predicted octanol–water partition coefficient (Wildman–Crippen LogP) is 1.83. The van der Waals surface area contributed by atoms with Gasteiger partial charge in [-0.1, -0.05) is 13.0 Å². The maximum absolute atomic E-state index is 4.13. The molecule has 0 N–H and O–H groups in total. The molecular formula is C8H10N. The maximum atomic E-state index is 4.13. The van der Waals surface area contributed by atoms with E-state index in [1.54, 1.807) is 6.20 Å². The lowest BCUT2D eigenvalue weighted by atomic mass is 10.2. The average molecular weight is 120 g/mol. The van der Waals surface area contributed by atoms with Crippen LogP contribution in [-0.2, 0) is 6.42 Å². The molecular weight excluding hydrogens is 110 g/mol. The molecule has 1 heterocycles. The van der Waals surface area contributed by atoms with Gasteiger partial charge in [0.05, 0.1) is 0 Å². The van der Waals surface area contributed by atoms with E-state index in [1.165, 1.54) is 0 Å². The Bertz CT molecular complexity index is 194. The molecule has 1 aromatic rings. The summed E-state index contributed by atoms with van der Waals surface area (Å²) < 4.78 is 0. The van der Waals surface area contributed by atoms with Gasteiger partial charge >= 0.3 is 0 Å². The second-order valence-electron chi connectivity index (χ2n) is 1.96. The van der Waals surface area contributed by atoms with Gasteiger partial charge in [0.1, 0.15) is 0 Å². The molecule has 0 aliphatic heterocycles. The molecule has 1 radical (unpaired) electrons. The van der Waals surface area contributed by atoms with Gasteiger partial charge in [-0.05, 0) is 25.0 Å². The normalized spacial score (nSPS) is 9.56. The smallest absolute Gasteiger partial charge is 0.0432 e. The molecule has 0 spiro atoms. The van der Waals surface area contributed by atoms with Crippen LogP contribution in [0, 0.1) is 6.92 Å². The maximum Gasteiger partial charge on any atom is 0.0432 e. The molecule has 0 saturated heterocycles. The Labute approximate surface area is 55.7 Å². The van der Waals surface area contributed by atoms with Gasteiger partial charge in [-0.15, -0.1) is 0 Å². The zero-order chi connectivity index (χ0) is 6.69. The van der Waals surface area contributed by atoms with Crippen molar-refractivity contribution in [3.05, 3.63) is 36.5 Å². The van der Waals surface area contributed by atoms with E-state index in [2.05, 4.69) is 18.8 Å². The molecule has 1 aromatic heterocycles. The minimum absolute atomic E-state index is 0.972. The molecule has 0 atom stereocenters. The Hall–Kier alpha value is -0.850. The van der Waals surface area contributed by atoms with Crippen LogP contribution < -0.4 is 0 Å². The van der Waals surface area contributed by atoms with Gasteiger partial charge in [0.15, 0.2) is 0 Å². The second kappa shape index (κ2) is 2.62. The van der Waals surface area contributed by atoms with Crippen LogP contribution in [0.25, 0.3) is 0 Å². The van der Waals surface area contributed by atoms with Gasteiger partial charge < -0.3 is 0 Å². The minimum Gasteiger partial charge on any atom is -0.261 e. The topological polar surface area (TPSA) is 12.9 Å². The van der Waals surface area contributed by atoms with E-state index in [9.17, 15) is 0 Å². The lowest BCUT2D eigenvalue weighted by molar-refractivity contribution is 1.02. The predicted molar refractivity (Wildman–Crippen MR) is 38.1 cm³/mol. The van der Waals surface area contributed by atoms with Crippen LogP contribution in [0.1, 0.15) is 18.2 Å². The minimum atomic E-state index is 0.972. The highest BCUT2D eigenvalue weighted by Gasteiger charge is 1.91. The van der Waals surface area contributed by atoms with Crippen LogP contribution in [0.4, 0.5) is 0 Å². The van der Waals surface area contributed by atoms with E-state index in [0.29, 0.717) is 0 Å². The van der Waals surface area contributed by atoms with E-state index < -0.39 is 0 Å². The molecule has 0 unspecified atom stereocenters. The summed E-state index contributed by atoms with van der Waals surface area (Å²) in [7, 11) is 0. The first-order valence-electron chi connectivity index (χ1n) is 3.10. The van der Waals surface area contributed by atoms with Crippen LogP contribution in [-0.4, -0.2) is 4.98 Å². The molecule has 0 bridgehead atoms. The van der Waals surface area contributed by atoms with E-state index in [1.807, 2.05) is 12.1 Å². The highest BCUT2D eigenvalue weighted by atomic mass is 14.7. The first kappa shape index (κ1) is 6.27. The van der Waals surface area contributed by atoms with Crippen LogP contribution in [0.3, 0.4) is 0 Å². The van der Waals surface area contributed by atoms with Crippen LogP contribution in [0.2, 0.25) is 0 Å². The first-order valence-corrected chi connectivity index (χ1v) is 3.10. The number of aryl methyl sites for hydroxylation is 1. The largest absolute Gasteiger partial charge is 0.261 e. The number of aromatic nitrogens is 1. The lowest BCUT2D eigenvalue weighted by Crippen LogP contribution is -1.88. The highest BCUT2D eigenvalue weighted by molar-refractivity contribution is 5.21. The molecule has 0 amide bonds. The summed E-state index contributed by atoms with van der Waals surface area (Å²) in [5, 5.41) is 0. The van der Waals surface area contributed by atoms with Crippen molar-refractivity contribution in [3.8, 4) is 0 Å². The zero-order valence-electron chi connectivity index (χ0n) is 5.59. The monoisotopic (exact) mass is 120 g/mol. The fraction of sp³-hybridized carbons (Fsp3) is 0.250. The number of nitrogens with zero attached hydrogens (tertiary/aromatic N) is 1. The van der Waals surface area contributed by atoms with Gasteiger partial charge in [0.25, 0.3) is 0 Å². The van der Waals surface area contributed by atoms with Crippen molar-refractivity contribution >= 4 is 0 Å². The molecule has 0 fully saturated rings. The van der Waals surface area contributed by atoms with Crippen molar-refractivity contribution < 1.29 is 0 Å². The summed E-state index contributed by atoms with van der Waals surface area (Å²) in [6.07, 6.45) is 2.77. The standard InChI is InChI=1S/C8H10N/c1-3-8-7(2)5-4-6-9-8/h4-6H,2-3H2,1H3. The third-order valence-corrected chi connectivity index (χ3v) is 1.32. The highest BCUT2D eigenvalue weighted by Crippen LogP contribution is 2.01. The van der Waals surface area contributed by atoms with Crippen LogP contribution in [0.15, 0.2) is 18.3 Å². The van der Waals surface area contributed by atoms with E-state index in [0.717, 1.165) is 17.7 Å². The van der Waals surface area contributed by atoms with Crippen molar-refractivity contribution in [1.29, 1.82) is 0 Å². The molecule has 0 aromatic carbocycles. The molecule has 9 heavy (non-hydrogen) atoms. The summed E-state index contributed by atoms with van der Waals surface area (Å²) in [4.78, 5) is 4.13. The zero-order valence-corrected chi connectivity index (χ0v) is 5.59. The summed E-state index contributed by atoms with van der Waals surface area (Å²) in [6.45, 7) is 5.91.